The fraction of sp³-hybridized carbons (Fsp3) is 0.111. The lowest BCUT2D eigenvalue weighted by molar-refractivity contribution is 0.922. The molecule has 1 aromatic heterocycles. The summed E-state index contributed by atoms with van der Waals surface area (Å²) in [4.78, 5) is 5.85. The Morgan fingerprint density at radius 1 is 1.22 bits per heavy atom. The molecule has 1 aliphatic heterocycles. The number of anilines is 1. The molecule has 0 saturated heterocycles. The SMILES string of the molecule is Cn1c(C(C#N)=C2CSc3ccccc3N2)nc2ccccc21. The third-order valence-electron chi connectivity index (χ3n) is 3.97. The van der Waals surface area contributed by atoms with Gasteiger partial charge < -0.3 is 9.88 Å². The number of aryl methyl sites for hydroxylation is 1. The van der Waals surface area contributed by atoms with Crippen molar-refractivity contribution in [1.29, 1.82) is 5.26 Å². The molecular weight excluding hydrogens is 304 g/mol. The minimum absolute atomic E-state index is 0.603. The van der Waals surface area contributed by atoms with Crippen molar-refractivity contribution in [2.24, 2.45) is 7.05 Å². The number of para-hydroxylation sites is 3. The largest absolute Gasteiger partial charge is 0.356 e. The van der Waals surface area contributed by atoms with E-state index >= 15 is 0 Å². The van der Waals surface area contributed by atoms with Crippen molar-refractivity contribution in [1.82, 2.24) is 9.55 Å². The van der Waals surface area contributed by atoms with E-state index in [1.807, 2.05) is 54.1 Å². The highest BCUT2D eigenvalue weighted by atomic mass is 32.2. The van der Waals surface area contributed by atoms with Crippen LogP contribution in [0.3, 0.4) is 0 Å². The Balaban J connectivity index is 1.85. The lowest BCUT2D eigenvalue weighted by atomic mass is 10.2. The number of nitrogens with zero attached hydrogens (tertiary/aromatic N) is 3. The Hall–Kier alpha value is -2.71. The zero-order chi connectivity index (χ0) is 15.8. The molecular formula is C18H14N4S. The van der Waals surface area contributed by atoms with Crippen molar-refractivity contribution in [2.45, 2.75) is 4.90 Å². The Labute approximate surface area is 138 Å². The summed E-state index contributed by atoms with van der Waals surface area (Å²) >= 11 is 1.74. The van der Waals surface area contributed by atoms with E-state index in [4.69, 9.17) is 0 Å². The number of rotatable bonds is 1. The van der Waals surface area contributed by atoms with Gasteiger partial charge in [0.1, 0.15) is 11.6 Å². The van der Waals surface area contributed by atoms with E-state index in [9.17, 15) is 5.26 Å². The molecule has 0 bridgehead atoms. The summed E-state index contributed by atoms with van der Waals surface area (Å²) in [6, 6.07) is 18.4. The van der Waals surface area contributed by atoms with E-state index in [-0.39, 0.29) is 0 Å². The Morgan fingerprint density at radius 3 is 2.83 bits per heavy atom. The highest BCUT2D eigenvalue weighted by Gasteiger charge is 2.20. The number of benzene rings is 2. The summed E-state index contributed by atoms with van der Waals surface area (Å²) in [5.74, 6) is 1.44. The molecule has 0 atom stereocenters. The lowest BCUT2D eigenvalue weighted by Gasteiger charge is -2.21. The number of aromatic nitrogens is 2. The zero-order valence-electron chi connectivity index (χ0n) is 12.6. The number of hydrogen-bond acceptors (Lipinski definition) is 4. The number of allylic oxidation sites excluding steroid dienone is 1. The smallest absolute Gasteiger partial charge is 0.153 e. The Kier molecular flexibility index (Phi) is 3.32. The van der Waals surface area contributed by atoms with Gasteiger partial charge in [-0.05, 0) is 24.3 Å². The minimum atomic E-state index is 0.603. The molecule has 0 fully saturated rings. The molecule has 0 unspecified atom stereocenters. The number of nitriles is 1. The average molecular weight is 318 g/mol. The molecule has 4 rings (SSSR count). The maximum absolute atomic E-state index is 9.72. The van der Waals surface area contributed by atoms with Crippen LogP contribution in [0.1, 0.15) is 5.82 Å². The van der Waals surface area contributed by atoms with Crippen LogP contribution in [0.4, 0.5) is 5.69 Å². The van der Waals surface area contributed by atoms with Crippen molar-refractivity contribution < 1.29 is 0 Å². The maximum Gasteiger partial charge on any atom is 0.153 e. The first-order valence-corrected chi connectivity index (χ1v) is 8.30. The van der Waals surface area contributed by atoms with Gasteiger partial charge in [0.25, 0.3) is 0 Å². The van der Waals surface area contributed by atoms with Crippen LogP contribution in [0.25, 0.3) is 16.6 Å². The van der Waals surface area contributed by atoms with E-state index in [1.165, 1.54) is 4.90 Å². The molecule has 3 aromatic rings. The van der Waals surface area contributed by atoms with Crippen LogP contribution in [-0.4, -0.2) is 15.3 Å². The molecule has 0 saturated carbocycles. The molecule has 2 aromatic carbocycles. The first-order valence-electron chi connectivity index (χ1n) is 7.32. The van der Waals surface area contributed by atoms with Crippen LogP contribution >= 0.6 is 11.8 Å². The van der Waals surface area contributed by atoms with Crippen LogP contribution in [0.15, 0.2) is 59.1 Å². The van der Waals surface area contributed by atoms with Crippen molar-refractivity contribution in [3.8, 4) is 6.07 Å². The van der Waals surface area contributed by atoms with Gasteiger partial charge in [-0.2, -0.15) is 5.26 Å². The van der Waals surface area contributed by atoms with Gasteiger partial charge >= 0.3 is 0 Å². The van der Waals surface area contributed by atoms with Crippen molar-refractivity contribution in [3.63, 3.8) is 0 Å². The predicted molar refractivity (Wildman–Crippen MR) is 94.0 cm³/mol. The van der Waals surface area contributed by atoms with Gasteiger partial charge in [0.2, 0.25) is 0 Å². The van der Waals surface area contributed by atoms with Crippen LogP contribution in [0, 0.1) is 11.3 Å². The molecule has 0 spiro atoms. The fourth-order valence-corrected chi connectivity index (χ4v) is 3.77. The number of thioether (sulfide) groups is 1. The summed E-state index contributed by atoms with van der Waals surface area (Å²) in [5, 5.41) is 13.1. The highest BCUT2D eigenvalue weighted by Crippen LogP contribution is 2.36. The zero-order valence-corrected chi connectivity index (χ0v) is 13.4. The highest BCUT2D eigenvalue weighted by molar-refractivity contribution is 7.99. The first-order chi connectivity index (χ1) is 11.3. The van der Waals surface area contributed by atoms with Gasteiger partial charge in [-0.15, -0.1) is 11.8 Å². The van der Waals surface area contributed by atoms with Crippen molar-refractivity contribution in [2.75, 3.05) is 11.1 Å². The van der Waals surface area contributed by atoms with Gasteiger partial charge in [-0.3, -0.25) is 0 Å². The lowest BCUT2D eigenvalue weighted by Crippen LogP contribution is -2.12. The van der Waals surface area contributed by atoms with E-state index in [0.717, 1.165) is 28.2 Å². The number of fused-ring (bicyclic) bond motifs is 2. The maximum atomic E-state index is 9.72. The summed E-state index contributed by atoms with van der Waals surface area (Å²) in [7, 11) is 1.95. The second-order valence-corrected chi connectivity index (χ2v) is 6.38. The summed E-state index contributed by atoms with van der Waals surface area (Å²) in [5.41, 5.74) is 4.49. The predicted octanol–water partition coefficient (Wildman–Crippen LogP) is 4.03. The molecule has 1 aliphatic rings. The van der Waals surface area contributed by atoms with E-state index in [1.54, 1.807) is 11.8 Å². The first kappa shape index (κ1) is 13.9. The molecule has 0 amide bonds. The van der Waals surface area contributed by atoms with Crippen molar-refractivity contribution >= 4 is 34.1 Å². The van der Waals surface area contributed by atoms with E-state index in [2.05, 4.69) is 22.4 Å². The van der Waals surface area contributed by atoms with Gasteiger partial charge in [-0.25, -0.2) is 4.98 Å². The van der Waals surface area contributed by atoms with Gasteiger partial charge in [0.05, 0.1) is 16.7 Å². The quantitative estimate of drug-likeness (QED) is 0.688. The van der Waals surface area contributed by atoms with Crippen LogP contribution in [0.2, 0.25) is 0 Å². The standard InChI is InChI=1S/C18H14N4S/c1-22-16-8-4-2-6-13(16)21-18(22)12(10-19)15-11-23-17-9-5-3-7-14(17)20-15/h2-9,20H,11H2,1H3. The van der Waals surface area contributed by atoms with Crippen LogP contribution in [-0.2, 0) is 7.05 Å². The molecule has 1 N–H and O–H groups in total. The van der Waals surface area contributed by atoms with Crippen LogP contribution < -0.4 is 5.32 Å². The summed E-state index contributed by atoms with van der Waals surface area (Å²) in [6.45, 7) is 0. The Morgan fingerprint density at radius 2 is 2.00 bits per heavy atom. The molecule has 5 heteroatoms. The van der Waals surface area contributed by atoms with Crippen LogP contribution in [0.5, 0.6) is 0 Å². The monoisotopic (exact) mass is 318 g/mol. The third kappa shape index (κ3) is 2.28. The fourth-order valence-electron chi connectivity index (χ4n) is 2.80. The average Bonchev–Trinajstić information content (AvgIpc) is 2.93. The minimum Gasteiger partial charge on any atom is -0.356 e. The topological polar surface area (TPSA) is 53.6 Å². The summed E-state index contributed by atoms with van der Waals surface area (Å²) in [6.07, 6.45) is 0. The normalized spacial score (nSPS) is 15.7. The van der Waals surface area contributed by atoms with E-state index in [0.29, 0.717) is 11.4 Å². The number of hydrogen-bond donors (Lipinski definition) is 1. The number of imidazole rings is 1. The molecule has 23 heavy (non-hydrogen) atoms. The van der Waals surface area contributed by atoms with Gasteiger partial charge in [-0.1, -0.05) is 24.3 Å². The second kappa shape index (κ2) is 5.49. The molecule has 4 nitrogen and oxygen atoms in total. The second-order valence-electron chi connectivity index (χ2n) is 5.36. The number of nitrogens with one attached hydrogen (secondary N) is 1. The molecule has 0 aliphatic carbocycles. The van der Waals surface area contributed by atoms with E-state index < -0.39 is 0 Å². The molecule has 2 heterocycles. The van der Waals surface area contributed by atoms with Gasteiger partial charge in [0, 0.05) is 23.4 Å². The summed E-state index contributed by atoms with van der Waals surface area (Å²) < 4.78 is 1.98. The Bertz CT molecular complexity index is 978. The third-order valence-corrected chi connectivity index (χ3v) is 5.07. The van der Waals surface area contributed by atoms with Gasteiger partial charge in [0.15, 0.2) is 5.82 Å². The molecule has 0 radical (unpaired) electrons. The molecule has 112 valence electrons. The van der Waals surface area contributed by atoms with Crippen molar-refractivity contribution in [3.05, 3.63) is 60.1 Å².